The highest BCUT2D eigenvalue weighted by Crippen LogP contribution is 2.24. The van der Waals surface area contributed by atoms with Crippen LogP contribution < -0.4 is 5.32 Å². The van der Waals surface area contributed by atoms with E-state index in [4.69, 9.17) is 5.10 Å². The van der Waals surface area contributed by atoms with Gasteiger partial charge in [0.15, 0.2) is 0 Å². The van der Waals surface area contributed by atoms with Crippen LogP contribution in [-0.2, 0) is 6.42 Å². The fourth-order valence-corrected chi connectivity index (χ4v) is 3.92. The molecule has 1 heterocycles. The van der Waals surface area contributed by atoms with Gasteiger partial charge >= 0.3 is 0 Å². The van der Waals surface area contributed by atoms with Crippen molar-refractivity contribution in [1.29, 1.82) is 0 Å². The van der Waals surface area contributed by atoms with E-state index in [0.29, 0.717) is 5.69 Å². The van der Waals surface area contributed by atoms with Gasteiger partial charge in [0.25, 0.3) is 5.91 Å². The molecule has 0 radical (unpaired) electrons. The summed E-state index contributed by atoms with van der Waals surface area (Å²) in [5.74, 6) is -0.111. The number of benzene rings is 3. The van der Waals surface area contributed by atoms with Gasteiger partial charge in [-0.15, -0.1) is 0 Å². The second-order valence-electron chi connectivity index (χ2n) is 8.38. The Labute approximate surface area is 189 Å². The lowest BCUT2D eigenvalue weighted by Gasteiger charge is -2.15. The van der Waals surface area contributed by atoms with Crippen molar-refractivity contribution >= 4 is 5.91 Å². The second kappa shape index (κ2) is 9.65. The largest absolute Gasteiger partial charge is 0.348 e. The van der Waals surface area contributed by atoms with Gasteiger partial charge in [0.05, 0.1) is 11.4 Å². The predicted octanol–water partition coefficient (Wildman–Crippen LogP) is 5.91. The van der Waals surface area contributed by atoms with E-state index in [2.05, 4.69) is 50.4 Å². The number of carbonyl (C=O) groups excluding carboxylic acids is 1. The maximum atomic E-state index is 13.3. The van der Waals surface area contributed by atoms with E-state index in [1.165, 1.54) is 11.1 Å². The van der Waals surface area contributed by atoms with E-state index in [0.717, 1.165) is 35.3 Å². The number of aryl methyl sites for hydroxylation is 3. The van der Waals surface area contributed by atoms with Crippen molar-refractivity contribution in [2.45, 2.75) is 39.7 Å². The van der Waals surface area contributed by atoms with Crippen molar-refractivity contribution in [2.24, 2.45) is 0 Å². The van der Waals surface area contributed by atoms with E-state index in [1.807, 2.05) is 60.7 Å². The topological polar surface area (TPSA) is 46.9 Å². The molecule has 4 rings (SSSR count). The molecule has 0 bridgehead atoms. The molecule has 4 nitrogen and oxygen atoms in total. The summed E-state index contributed by atoms with van der Waals surface area (Å²) in [6.07, 6.45) is 1.80. The molecular formula is C28H29N3O. The van der Waals surface area contributed by atoms with Crippen molar-refractivity contribution < 1.29 is 4.79 Å². The Morgan fingerprint density at radius 1 is 0.938 bits per heavy atom. The molecule has 4 aromatic rings. The Bertz CT molecular complexity index is 1200. The Balaban J connectivity index is 1.61. The minimum atomic E-state index is -0.111. The molecule has 0 aliphatic rings. The zero-order chi connectivity index (χ0) is 22.5. The van der Waals surface area contributed by atoms with E-state index < -0.39 is 0 Å². The van der Waals surface area contributed by atoms with Crippen molar-refractivity contribution in [3.63, 3.8) is 0 Å². The molecule has 32 heavy (non-hydrogen) atoms. The maximum absolute atomic E-state index is 13.3. The molecule has 1 amide bonds. The van der Waals surface area contributed by atoms with Crippen LogP contribution in [0.25, 0.3) is 16.9 Å². The van der Waals surface area contributed by atoms with Crippen LogP contribution in [0.3, 0.4) is 0 Å². The normalized spacial score (nSPS) is 11.8. The van der Waals surface area contributed by atoms with Crippen LogP contribution in [0.15, 0.2) is 84.9 Å². The molecule has 162 valence electrons. The van der Waals surface area contributed by atoms with Crippen molar-refractivity contribution in [1.82, 2.24) is 15.1 Å². The molecule has 0 aliphatic heterocycles. The fraction of sp³-hybridized carbons (Fsp3) is 0.214. The summed E-state index contributed by atoms with van der Waals surface area (Å²) in [6, 6.07) is 28.5. The third-order valence-corrected chi connectivity index (χ3v) is 5.68. The van der Waals surface area contributed by atoms with Crippen molar-refractivity contribution in [2.75, 3.05) is 0 Å². The third kappa shape index (κ3) is 4.97. The predicted molar refractivity (Wildman–Crippen MR) is 130 cm³/mol. The highest BCUT2D eigenvalue weighted by atomic mass is 16.2. The third-order valence-electron chi connectivity index (χ3n) is 5.68. The van der Waals surface area contributed by atoms with E-state index in [1.54, 1.807) is 4.68 Å². The number of nitrogens with zero attached hydrogens (tertiary/aromatic N) is 2. The number of nitrogens with one attached hydrogen (secondary N) is 1. The van der Waals surface area contributed by atoms with E-state index in [-0.39, 0.29) is 11.9 Å². The molecule has 0 aliphatic carbocycles. The Morgan fingerprint density at radius 3 is 2.31 bits per heavy atom. The number of hydrogen-bond acceptors (Lipinski definition) is 2. The highest BCUT2D eigenvalue weighted by molar-refractivity contribution is 5.94. The first-order chi connectivity index (χ1) is 15.5. The Kier molecular flexibility index (Phi) is 6.50. The summed E-state index contributed by atoms with van der Waals surface area (Å²) in [4.78, 5) is 13.3. The first kappa shape index (κ1) is 21.6. The number of amides is 1. The molecule has 1 N–H and O–H groups in total. The first-order valence-corrected chi connectivity index (χ1v) is 11.1. The number of aromatic nitrogens is 2. The smallest absolute Gasteiger partial charge is 0.270 e. The Morgan fingerprint density at radius 2 is 1.62 bits per heavy atom. The average Bonchev–Trinajstić information content (AvgIpc) is 3.24. The average molecular weight is 424 g/mol. The molecule has 0 unspecified atom stereocenters. The van der Waals surface area contributed by atoms with Gasteiger partial charge in [-0.25, -0.2) is 4.68 Å². The second-order valence-corrected chi connectivity index (χ2v) is 8.38. The van der Waals surface area contributed by atoms with Crippen LogP contribution >= 0.6 is 0 Å². The lowest BCUT2D eigenvalue weighted by atomic mass is 10.1. The monoisotopic (exact) mass is 423 g/mol. The highest BCUT2D eigenvalue weighted by Gasteiger charge is 2.20. The summed E-state index contributed by atoms with van der Waals surface area (Å²) in [7, 11) is 0. The summed E-state index contributed by atoms with van der Waals surface area (Å²) in [5.41, 5.74) is 6.78. The van der Waals surface area contributed by atoms with Gasteiger partial charge in [-0.3, -0.25) is 4.79 Å². The minimum absolute atomic E-state index is 0.0466. The molecule has 0 saturated carbocycles. The van der Waals surface area contributed by atoms with Crippen LogP contribution in [0.5, 0.6) is 0 Å². The standard InChI is InChI=1S/C28H29N3O/c1-20-14-17-26(21(2)18-20)31-27(19-25(30-31)24-12-8-5-9-13-24)28(32)29-22(3)15-16-23-10-6-4-7-11-23/h4-14,17-19,22H,15-16H2,1-3H3,(H,29,32)/t22-/m0/s1. The summed E-state index contributed by atoms with van der Waals surface area (Å²) in [6.45, 7) is 6.17. The van der Waals surface area contributed by atoms with Gasteiger partial charge in [0, 0.05) is 11.6 Å². The van der Waals surface area contributed by atoms with Crippen molar-refractivity contribution in [3.05, 3.63) is 107 Å². The zero-order valence-electron chi connectivity index (χ0n) is 18.9. The van der Waals surface area contributed by atoms with Crippen LogP contribution in [-0.4, -0.2) is 21.7 Å². The van der Waals surface area contributed by atoms with Gasteiger partial charge in [0.1, 0.15) is 5.69 Å². The molecule has 1 aromatic heterocycles. The zero-order valence-corrected chi connectivity index (χ0v) is 18.9. The minimum Gasteiger partial charge on any atom is -0.348 e. The first-order valence-electron chi connectivity index (χ1n) is 11.1. The Hall–Kier alpha value is -3.66. The van der Waals surface area contributed by atoms with E-state index >= 15 is 0 Å². The summed E-state index contributed by atoms with van der Waals surface area (Å²) < 4.78 is 1.77. The maximum Gasteiger partial charge on any atom is 0.270 e. The molecular weight excluding hydrogens is 394 g/mol. The van der Waals surface area contributed by atoms with Gasteiger partial charge in [0.2, 0.25) is 0 Å². The molecule has 0 spiro atoms. The quantitative estimate of drug-likeness (QED) is 0.402. The molecule has 3 aromatic carbocycles. The number of carbonyl (C=O) groups is 1. The number of hydrogen-bond donors (Lipinski definition) is 1. The lowest BCUT2D eigenvalue weighted by Crippen LogP contribution is -2.34. The number of rotatable bonds is 7. The molecule has 0 fully saturated rings. The SMILES string of the molecule is Cc1ccc(-n2nc(-c3ccccc3)cc2C(=O)N[C@@H](C)CCc2ccccc2)c(C)c1. The molecule has 4 heteroatoms. The van der Waals surface area contributed by atoms with Crippen LogP contribution in [0.4, 0.5) is 0 Å². The summed E-state index contributed by atoms with van der Waals surface area (Å²) >= 11 is 0. The van der Waals surface area contributed by atoms with Gasteiger partial charge in [-0.1, -0.05) is 78.4 Å². The van der Waals surface area contributed by atoms with Crippen LogP contribution in [0.2, 0.25) is 0 Å². The van der Waals surface area contributed by atoms with Gasteiger partial charge in [-0.05, 0) is 56.9 Å². The molecule has 1 atom stereocenters. The van der Waals surface area contributed by atoms with Crippen molar-refractivity contribution in [3.8, 4) is 16.9 Å². The van der Waals surface area contributed by atoms with Gasteiger partial charge in [-0.2, -0.15) is 5.10 Å². The summed E-state index contributed by atoms with van der Waals surface area (Å²) in [5, 5.41) is 7.99. The van der Waals surface area contributed by atoms with Gasteiger partial charge < -0.3 is 5.32 Å². The van der Waals surface area contributed by atoms with E-state index in [9.17, 15) is 4.79 Å². The lowest BCUT2D eigenvalue weighted by molar-refractivity contribution is 0.0930. The van der Waals surface area contributed by atoms with Crippen LogP contribution in [0, 0.1) is 13.8 Å². The van der Waals surface area contributed by atoms with Crippen LogP contribution in [0.1, 0.15) is 40.5 Å². The molecule has 0 saturated heterocycles. The fourth-order valence-electron chi connectivity index (χ4n) is 3.92.